The van der Waals surface area contributed by atoms with Crippen molar-refractivity contribution in [3.63, 3.8) is 0 Å². The Morgan fingerprint density at radius 1 is 1.14 bits per heavy atom. The van der Waals surface area contributed by atoms with E-state index >= 15 is 0 Å². The van der Waals surface area contributed by atoms with Crippen LogP contribution in [-0.4, -0.2) is 16.0 Å². The van der Waals surface area contributed by atoms with E-state index in [1.54, 1.807) is 6.08 Å². The third-order valence-electron chi connectivity index (χ3n) is 3.29. The van der Waals surface area contributed by atoms with Gasteiger partial charge in [0.25, 0.3) is 0 Å². The first-order valence-electron chi connectivity index (χ1n) is 7.14. The zero-order chi connectivity index (χ0) is 16.4. The lowest BCUT2D eigenvalue weighted by molar-refractivity contribution is 0.108. The molecule has 0 spiro atoms. The number of aromatic hydroxyl groups is 1. The van der Waals surface area contributed by atoms with Gasteiger partial charge in [0, 0.05) is 22.4 Å². The second kappa shape index (κ2) is 6.27. The summed E-state index contributed by atoms with van der Waals surface area (Å²) in [5, 5.41) is 10.6. The van der Waals surface area contributed by atoms with Crippen LogP contribution in [0.25, 0.3) is 0 Å². The third kappa shape index (κ3) is 4.37. The number of benzene rings is 1. The van der Waals surface area contributed by atoms with Gasteiger partial charge in [-0.1, -0.05) is 59.4 Å². The molecule has 1 N–H and O–H groups in total. The molecular formula is C18H26O2S. The summed E-state index contributed by atoms with van der Waals surface area (Å²) >= 11 is 1.24. The van der Waals surface area contributed by atoms with Gasteiger partial charge in [-0.3, -0.25) is 4.79 Å². The van der Waals surface area contributed by atoms with Gasteiger partial charge in [-0.05, 0) is 23.0 Å². The van der Waals surface area contributed by atoms with Crippen molar-refractivity contribution in [3.05, 3.63) is 41.5 Å². The quantitative estimate of drug-likeness (QED) is 0.794. The second-order valence-corrected chi connectivity index (χ2v) is 8.30. The maximum absolute atomic E-state index is 12.3. The fourth-order valence-corrected chi connectivity index (χ4v) is 2.67. The molecule has 0 radical (unpaired) electrons. The number of carbonyl (C=O) groups is 1. The Kier molecular flexibility index (Phi) is 5.32. The van der Waals surface area contributed by atoms with Crippen LogP contribution in [0.15, 0.2) is 24.8 Å². The Morgan fingerprint density at radius 3 is 1.90 bits per heavy atom. The molecule has 21 heavy (non-hydrogen) atoms. The van der Waals surface area contributed by atoms with Crippen LogP contribution in [0.5, 0.6) is 5.75 Å². The molecule has 1 rings (SSSR count). The van der Waals surface area contributed by atoms with Crippen molar-refractivity contribution in [1.29, 1.82) is 0 Å². The molecule has 0 amide bonds. The Hall–Kier alpha value is -1.22. The summed E-state index contributed by atoms with van der Waals surface area (Å²) < 4.78 is 0. The summed E-state index contributed by atoms with van der Waals surface area (Å²) in [4.78, 5) is 12.3. The van der Waals surface area contributed by atoms with Crippen molar-refractivity contribution in [2.75, 3.05) is 5.75 Å². The molecule has 2 nitrogen and oxygen atoms in total. The molecule has 0 aliphatic carbocycles. The monoisotopic (exact) mass is 306 g/mol. The van der Waals surface area contributed by atoms with Crippen LogP contribution < -0.4 is 0 Å². The number of phenols is 1. The van der Waals surface area contributed by atoms with E-state index in [4.69, 9.17) is 0 Å². The number of thioether (sulfide) groups is 1. The van der Waals surface area contributed by atoms with Gasteiger partial charge in [0.1, 0.15) is 5.75 Å². The van der Waals surface area contributed by atoms with E-state index in [1.807, 2.05) is 53.7 Å². The fourth-order valence-electron chi connectivity index (χ4n) is 2.11. The standard InChI is InChI=1S/C18H26O2S/c1-8-9-21-16(20)12-10-13(17(2,3)4)15(19)14(11-12)18(5,6)7/h8,10-11,19H,1,9H2,2-7H3. The minimum Gasteiger partial charge on any atom is -0.507 e. The smallest absolute Gasteiger partial charge is 0.219 e. The van der Waals surface area contributed by atoms with Gasteiger partial charge in [-0.25, -0.2) is 0 Å². The first-order chi connectivity index (χ1) is 9.48. The molecule has 1 aromatic carbocycles. The Morgan fingerprint density at radius 2 is 1.57 bits per heavy atom. The lowest BCUT2D eigenvalue weighted by atomic mass is 9.78. The van der Waals surface area contributed by atoms with E-state index < -0.39 is 0 Å². The molecule has 0 fully saturated rings. The van der Waals surface area contributed by atoms with Gasteiger partial charge >= 0.3 is 0 Å². The second-order valence-electron chi connectivity index (χ2n) is 7.31. The van der Waals surface area contributed by atoms with Gasteiger partial charge in [0.05, 0.1) is 0 Å². The molecule has 0 bridgehead atoms. The largest absolute Gasteiger partial charge is 0.507 e. The predicted molar refractivity (Wildman–Crippen MR) is 92.5 cm³/mol. The number of carbonyl (C=O) groups excluding carboxylic acids is 1. The number of phenolic OH excluding ortho intramolecular Hbond substituents is 1. The molecule has 3 heteroatoms. The lowest BCUT2D eigenvalue weighted by Crippen LogP contribution is -2.18. The van der Waals surface area contributed by atoms with Crippen LogP contribution in [0, 0.1) is 0 Å². The Labute approximate surface area is 132 Å². The number of rotatable bonds is 3. The van der Waals surface area contributed by atoms with E-state index in [0.717, 1.165) is 11.1 Å². The van der Waals surface area contributed by atoms with Crippen molar-refractivity contribution in [3.8, 4) is 5.75 Å². The van der Waals surface area contributed by atoms with Crippen molar-refractivity contribution in [2.45, 2.75) is 52.4 Å². The highest BCUT2D eigenvalue weighted by atomic mass is 32.2. The number of hydrogen-bond donors (Lipinski definition) is 1. The van der Waals surface area contributed by atoms with Crippen molar-refractivity contribution in [1.82, 2.24) is 0 Å². The van der Waals surface area contributed by atoms with E-state index in [0.29, 0.717) is 17.1 Å². The van der Waals surface area contributed by atoms with E-state index in [-0.39, 0.29) is 15.9 Å². The first-order valence-corrected chi connectivity index (χ1v) is 8.13. The predicted octanol–water partition coefficient (Wildman–Crippen LogP) is 5.05. The maximum Gasteiger partial charge on any atom is 0.219 e. The summed E-state index contributed by atoms with van der Waals surface area (Å²) in [7, 11) is 0. The van der Waals surface area contributed by atoms with E-state index in [9.17, 15) is 9.90 Å². The summed E-state index contributed by atoms with van der Waals surface area (Å²) in [5.41, 5.74) is 1.84. The van der Waals surface area contributed by atoms with Crippen molar-refractivity contribution in [2.24, 2.45) is 0 Å². The van der Waals surface area contributed by atoms with Crippen LogP contribution in [0.4, 0.5) is 0 Å². The molecule has 0 unspecified atom stereocenters. The fraction of sp³-hybridized carbons (Fsp3) is 0.500. The van der Waals surface area contributed by atoms with E-state index in [2.05, 4.69) is 6.58 Å². The van der Waals surface area contributed by atoms with Gasteiger partial charge in [-0.2, -0.15) is 0 Å². The average Bonchev–Trinajstić information content (AvgIpc) is 2.33. The van der Waals surface area contributed by atoms with Gasteiger partial charge in [0.15, 0.2) is 0 Å². The van der Waals surface area contributed by atoms with Crippen molar-refractivity contribution >= 4 is 16.9 Å². The summed E-state index contributed by atoms with van der Waals surface area (Å²) in [6.45, 7) is 15.9. The van der Waals surface area contributed by atoms with Gasteiger partial charge < -0.3 is 5.11 Å². The topological polar surface area (TPSA) is 37.3 Å². The highest BCUT2D eigenvalue weighted by molar-refractivity contribution is 8.14. The van der Waals surface area contributed by atoms with Crippen molar-refractivity contribution < 1.29 is 9.90 Å². The molecular weight excluding hydrogens is 280 g/mol. The minimum absolute atomic E-state index is 0.0194. The third-order valence-corrected chi connectivity index (χ3v) is 4.19. The van der Waals surface area contributed by atoms with Crippen LogP contribution in [-0.2, 0) is 10.8 Å². The van der Waals surface area contributed by atoms with Gasteiger partial charge in [-0.15, -0.1) is 6.58 Å². The van der Waals surface area contributed by atoms with Crippen LogP contribution in [0.3, 0.4) is 0 Å². The zero-order valence-corrected chi connectivity index (χ0v) is 14.7. The summed E-state index contributed by atoms with van der Waals surface area (Å²) in [6.07, 6.45) is 1.72. The molecule has 0 aromatic heterocycles. The molecule has 0 aliphatic heterocycles. The molecule has 0 saturated carbocycles. The lowest BCUT2D eigenvalue weighted by Gasteiger charge is -2.28. The molecule has 116 valence electrons. The van der Waals surface area contributed by atoms with E-state index in [1.165, 1.54) is 11.8 Å². The minimum atomic E-state index is -0.219. The van der Waals surface area contributed by atoms with Crippen LogP contribution in [0.1, 0.15) is 63.0 Å². The maximum atomic E-state index is 12.3. The molecule has 0 atom stereocenters. The average molecular weight is 306 g/mol. The first kappa shape index (κ1) is 17.8. The highest BCUT2D eigenvalue weighted by Crippen LogP contribution is 2.40. The Bertz CT molecular complexity index is 510. The van der Waals surface area contributed by atoms with Gasteiger partial charge in [0.2, 0.25) is 5.12 Å². The zero-order valence-electron chi connectivity index (χ0n) is 13.9. The van der Waals surface area contributed by atoms with Crippen LogP contribution >= 0.6 is 11.8 Å². The highest BCUT2D eigenvalue weighted by Gasteiger charge is 2.27. The molecule has 0 saturated heterocycles. The summed E-state index contributed by atoms with van der Waals surface area (Å²) in [5.74, 6) is 0.898. The molecule has 0 aliphatic rings. The molecule has 0 heterocycles. The van der Waals surface area contributed by atoms with Crippen LogP contribution in [0.2, 0.25) is 0 Å². The SMILES string of the molecule is C=CCSC(=O)c1cc(C(C)(C)C)c(O)c(C(C)(C)C)c1. The summed E-state index contributed by atoms with van der Waals surface area (Å²) in [6, 6.07) is 3.64. The Balaban J connectivity index is 3.47. The number of hydrogen-bond acceptors (Lipinski definition) is 3. The molecule has 1 aromatic rings. The normalized spacial score (nSPS) is 12.3.